The van der Waals surface area contributed by atoms with Gasteiger partial charge in [0.2, 0.25) is 11.8 Å². The lowest BCUT2D eigenvalue weighted by molar-refractivity contribution is -0.242. The second-order valence-electron chi connectivity index (χ2n) is 18.1. The fourth-order valence-electron chi connectivity index (χ4n) is 12.4. The first-order valence-corrected chi connectivity index (χ1v) is 20.0. The maximum Gasteiger partial charge on any atom is 0.223 e. The van der Waals surface area contributed by atoms with Gasteiger partial charge in [0, 0.05) is 46.1 Å². The highest BCUT2D eigenvalue weighted by Crippen LogP contribution is 2.82. The number of nitrogens with one attached hydrogen (secondary N) is 2. The Bertz CT molecular complexity index is 1180. The van der Waals surface area contributed by atoms with Gasteiger partial charge in [0.15, 0.2) is 6.29 Å². The van der Waals surface area contributed by atoms with Crippen molar-refractivity contribution in [1.29, 1.82) is 0 Å². The summed E-state index contributed by atoms with van der Waals surface area (Å²) in [6, 6.07) is 0.546. The van der Waals surface area contributed by atoms with Crippen LogP contribution in [0.3, 0.4) is 0 Å². The quantitative estimate of drug-likeness (QED) is 0.302. The minimum Gasteiger partial charge on any atom is -0.400 e. The van der Waals surface area contributed by atoms with Crippen molar-refractivity contribution in [2.45, 2.75) is 155 Å². The van der Waals surface area contributed by atoms with E-state index in [9.17, 15) is 9.59 Å². The van der Waals surface area contributed by atoms with Crippen LogP contribution < -0.4 is 10.6 Å². The molecule has 2 amide bonds. The van der Waals surface area contributed by atoms with Crippen molar-refractivity contribution in [2.75, 3.05) is 40.4 Å². The molecule has 0 aromatic carbocycles. The second-order valence-corrected chi connectivity index (χ2v) is 18.1. The third-order valence-corrected chi connectivity index (χ3v) is 15.3. The fraction of sp³-hybridized carbons (Fsp3) is 0.950. The molecular formula is C40H69N3O6. The zero-order valence-corrected chi connectivity index (χ0v) is 31.9. The largest absolute Gasteiger partial charge is 0.400 e. The van der Waals surface area contributed by atoms with Gasteiger partial charge in [-0.25, -0.2) is 0 Å². The molecule has 0 aromatic heterocycles. The smallest absolute Gasteiger partial charge is 0.223 e. The Morgan fingerprint density at radius 2 is 1.82 bits per heavy atom. The molecule has 7 fully saturated rings. The van der Waals surface area contributed by atoms with E-state index in [1.807, 2.05) is 4.90 Å². The Morgan fingerprint density at radius 3 is 2.53 bits per heavy atom. The number of fused-ring (bicyclic) bond motifs is 1. The van der Waals surface area contributed by atoms with Crippen LogP contribution in [0.1, 0.15) is 125 Å². The van der Waals surface area contributed by atoms with E-state index >= 15 is 0 Å². The molecule has 3 saturated heterocycles. The van der Waals surface area contributed by atoms with Gasteiger partial charge in [-0.05, 0) is 116 Å². The Labute approximate surface area is 296 Å². The fourth-order valence-corrected chi connectivity index (χ4v) is 12.4. The Balaban J connectivity index is 0.00000205. The highest BCUT2D eigenvalue weighted by atomic mass is 16.7. The molecule has 280 valence electrons. The van der Waals surface area contributed by atoms with Crippen LogP contribution in [0.4, 0.5) is 0 Å². The van der Waals surface area contributed by atoms with Gasteiger partial charge in [0.25, 0.3) is 0 Å². The van der Waals surface area contributed by atoms with E-state index < -0.39 is 0 Å². The molecule has 4 aliphatic carbocycles. The van der Waals surface area contributed by atoms with Gasteiger partial charge in [-0.3, -0.25) is 9.59 Å². The van der Waals surface area contributed by atoms with E-state index in [0.29, 0.717) is 73.1 Å². The van der Waals surface area contributed by atoms with Crippen molar-refractivity contribution in [1.82, 2.24) is 15.5 Å². The Kier molecular flexibility index (Phi) is 11.2. The van der Waals surface area contributed by atoms with Crippen molar-refractivity contribution in [2.24, 2.45) is 45.3 Å². The number of aliphatic hydroxyl groups is 1. The summed E-state index contributed by atoms with van der Waals surface area (Å²) in [6.07, 6.45) is 15.7. The predicted molar refractivity (Wildman–Crippen MR) is 191 cm³/mol. The minimum atomic E-state index is -0.308. The number of hydrogen-bond acceptors (Lipinski definition) is 7. The van der Waals surface area contributed by atoms with Gasteiger partial charge >= 0.3 is 0 Å². The highest BCUT2D eigenvalue weighted by Gasteiger charge is 2.77. The summed E-state index contributed by atoms with van der Waals surface area (Å²) < 4.78 is 20.0. The number of morpholine rings is 1. The Morgan fingerprint density at radius 1 is 1.04 bits per heavy atom. The van der Waals surface area contributed by atoms with Crippen LogP contribution >= 0.6 is 0 Å². The summed E-state index contributed by atoms with van der Waals surface area (Å²) >= 11 is 0. The van der Waals surface area contributed by atoms with E-state index in [0.717, 1.165) is 32.9 Å². The van der Waals surface area contributed by atoms with Crippen molar-refractivity contribution >= 4 is 11.8 Å². The molecule has 11 atom stereocenters. The molecular weight excluding hydrogens is 618 g/mol. The Hall–Kier alpha value is -1.26. The average Bonchev–Trinajstić information content (AvgIpc) is 4.03. The summed E-state index contributed by atoms with van der Waals surface area (Å²) in [4.78, 5) is 27.0. The van der Waals surface area contributed by atoms with Crippen LogP contribution in [-0.4, -0.2) is 92.9 Å². The molecule has 7 rings (SSSR count). The van der Waals surface area contributed by atoms with Crippen molar-refractivity contribution in [3.8, 4) is 0 Å². The lowest BCUT2D eigenvalue weighted by atomic mass is 9.52. The number of carbonyl (C=O) groups is 2. The molecule has 3 N–H and O–H groups in total. The molecule has 3 aliphatic heterocycles. The molecule has 5 unspecified atom stereocenters. The molecule has 7 aliphatic rings. The predicted octanol–water partition coefficient (Wildman–Crippen LogP) is 5.68. The van der Waals surface area contributed by atoms with Crippen LogP contribution in [0.5, 0.6) is 0 Å². The zero-order valence-electron chi connectivity index (χ0n) is 31.9. The van der Waals surface area contributed by atoms with Crippen LogP contribution in [0.2, 0.25) is 0 Å². The number of nitrogens with zero attached hydrogens (tertiary/aromatic N) is 1. The molecule has 3 heterocycles. The number of amides is 2. The zero-order chi connectivity index (χ0) is 35.2. The molecule has 0 bridgehead atoms. The van der Waals surface area contributed by atoms with Gasteiger partial charge in [0.1, 0.15) is 0 Å². The van der Waals surface area contributed by atoms with Gasteiger partial charge in [0.05, 0.1) is 31.5 Å². The van der Waals surface area contributed by atoms with Crippen LogP contribution in [0.25, 0.3) is 0 Å². The lowest BCUT2D eigenvalue weighted by Gasteiger charge is -2.56. The second kappa shape index (κ2) is 14.6. The third-order valence-electron chi connectivity index (χ3n) is 15.3. The van der Waals surface area contributed by atoms with Gasteiger partial charge < -0.3 is 34.9 Å². The van der Waals surface area contributed by atoms with Gasteiger partial charge in [-0.2, -0.15) is 0 Å². The maximum atomic E-state index is 12.9. The summed E-state index contributed by atoms with van der Waals surface area (Å²) in [6.45, 7) is 15.2. The van der Waals surface area contributed by atoms with Crippen molar-refractivity contribution in [3.63, 3.8) is 0 Å². The van der Waals surface area contributed by atoms with Gasteiger partial charge in [-0.15, -0.1) is 0 Å². The third kappa shape index (κ3) is 6.98. The summed E-state index contributed by atoms with van der Waals surface area (Å²) in [5, 5.41) is 14.0. The van der Waals surface area contributed by atoms with Crippen molar-refractivity contribution < 1.29 is 28.9 Å². The molecule has 4 saturated carbocycles. The summed E-state index contributed by atoms with van der Waals surface area (Å²) in [7, 11) is 2.73. The van der Waals surface area contributed by atoms with E-state index in [-0.39, 0.29) is 47.2 Å². The van der Waals surface area contributed by atoms with E-state index in [1.54, 1.807) is 7.05 Å². The minimum absolute atomic E-state index is 0.0620. The lowest BCUT2D eigenvalue weighted by Crippen LogP contribution is -2.57. The first-order valence-electron chi connectivity index (χ1n) is 20.0. The monoisotopic (exact) mass is 688 g/mol. The summed E-state index contributed by atoms with van der Waals surface area (Å²) in [5.74, 6) is 2.77. The van der Waals surface area contributed by atoms with E-state index in [1.165, 1.54) is 57.8 Å². The highest BCUT2D eigenvalue weighted by molar-refractivity contribution is 5.77. The molecule has 9 heteroatoms. The molecule has 0 radical (unpaired) electrons. The average molecular weight is 688 g/mol. The number of aliphatic hydroxyl groups excluding tert-OH is 1. The van der Waals surface area contributed by atoms with Crippen LogP contribution in [0, 0.1) is 45.3 Å². The molecule has 2 spiro atoms. The summed E-state index contributed by atoms with van der Waals surface area (Å²) in [5.41, 5.74) is 1.05. The van der Waals surface area contributed by atoms with Crippen LogP contribution in [0.15, 0.2) is 0 Å². The molecule has 49 heavy (non-hydrogen) atoms. The number of rotatable bonds is 8. The number of ether oxygens (including phenoxy) is 3. The van der Waals surface area contributed by atoms with E-state index in [2.05, 4.69) is 45.3 Å². The van der Waals surface area contributed by atoms with Crippen LogP contribution in [-0.2, 0) is 23.8 Å². The SMILES string of the molecule is CC[C@]1(C)CC[C@@]23C[C@@]24CC[C@H](OC2CN(C(=O)CC5CC5)CCO2)C(C)(C)C4CC[C@H]3NCC2OC(CCC(=O)NC)C[C@@H](C)C21.CO. The van der Waals surface area contributed by atoms with E-state index in [4.69, 9.17) is 19.3 Å². The standard InChI is InChI=1S/C39H65N3O5.CH4O/c1-7-37(5)16-17-39-24-38(39)15-14-31(47-34-23-42(18-19-45-34)33(44)21-26-8-9-26)36(3,4)29(38)11-12-30(39)41-22-28-35(37)25(2)20-27(46-28)10-13-32(43)40-6;1-2/h25-31,34-35,41H,7-24H2,1-6H3,(H,40,43);2H,1H3/t25-,27?,28?,29?,30-,31+,34?,35?,37-,38-,39+;/m1./s1. The maximum absolute atomic E-state index is 12.9. The molecule has 0 aromatic rings. The topological polar surface area (TPSA) is 109 Å². The molecule has 9 nitrogen and oxygen atoms in total. The van der Waals surface area contributed by atoms with Gasteiger partial charge in [-0.1, -0.05) is 41.0 Å². The first kappa shape index (κ1) is 37.5. The number of hydrogen-bond donors (Lipinski definition) is 3. The first-order chi connectivity index (χ1) is 23.4. The van der Waals surface area contributed by atoms with Crippen molar-refractivity contribution in [3.05, 3.63) is 0 Å². The number of carbonyl (C=O) groups excluding carboxylic acids is 2. The normalized spacial score (nSPS) is 44.2.